The van der Waals surface area contributed by atoms with E-state index in [2.05, 4.69) is 26.6 Å². The fraction of sp³-hybridized carbons (Fsp3) is 1.00. The van der Waals surface area contributed by atoms with Crippen molar-refractivity contribution in [2.24, 2.45) is 5.92 Å². The average Bonchev–Trinajstić information content (AvgIpc) is 1.57. The third kappa shape index (κ3) is 2.43. The summed E-state index contributed by atoms with van der Waals surface area (Å²) in [6.45, 7) is 9.08. The summed E-state index contributed by atoms with van der Waals surface area (Å²) in [6.07, 6.45) is 3.20. The van der Waals surface area contributed by atoms with Crippen LogP contribution < -0.4 is 0 Å². The lowest BCUT2D eigenvalue weighted by atomic mass is 9.84. The normalized spacial score (nSPS) is 33.6. The van der Waals surface area contributed by atoms with Crippen LogP contribution in [0, 0.1) is 5.92 Å². The van der Waals surface area contributed by atoms with Gasteiger partial charge in [0.15, 0.2) is 8.32 Å². The third-order valence-electron chi connectivity index (χ3n) is 1.85. The Kier molecular flexibility index (Phi) is 2.20. The second-order valence-corrected chi connectivity index (χ2v) is 8.89. The van der Waals surface area contributed by atoms with Gasteiger partial charge in [-0.1, -0.05) is 6.92 Å². The molecule has 1 aliphatic rings. The van der Waals surface area contributed by atoms with Crippen LogP contribution in [-0.4, -0.2) is 14.4 Å². The first-order valence-electron chi connectivity index (χ1n) is 4.15. The lowest BCUT2D eigenvalue weighted by Gasteiger charge is -2.37. The second kappa shape index (κ2) is 2.66. The molecule has 0 bridgehead atoms. The Labute approximate surface area is 64.9 Å². The molecule has 0 aromatic heterocycles. The van der Waals surface area contributed by atoms with E-state index >= 15 is 0 Å². The quantitative estimate of drug-likeness (QED) is 0.561. The van der Waals surface area contributed by atoms with Crippen LogP contribution in [0.25, 0.3) is 0 Å². The van der Waals surface area contributed by atoms with E-state index in [-0.39, 0.29) is 0 Å². The molecule has 60 valence electrons. The molecule has 0 aromatic rings. The van der Waals surface area contributed by atoms with Crippen molar-refractivity contribution in [3.63, 3.8) is 0 Å². The SMILES string of the molecule is CC1CC(O[Si](C)(C)C)C1. The minimum absolute atomic E-state index is 0.613. The molecule has 1 saturated carbocycles. The molecule has 2 heteroatoms. The summed E-state index contributed by atoms with van der Waals surface area (Å²) in [5, 5.41) is 0. The molecular weight excluding hydrogens is 140 g/mol. The molecule has 1 nitrogen and oxygen atoms in total. The van der Waals surface area contributed by atoms with Crippen molar-refractivity contribution < 1.29 is 4.43 Å². The van der Waals surface area contributed by atoms with Crippen molar-refractivity contribution in [3.05, 3.63) is 0 Å². The predicted octanol–water partition coefficient (Wildman–Crippen LogP) is 2.64. The molecule has 1 aliphatic carbocycles. The van der Waals surface area contributed by atoms with Gasteiger partial charge in [0.25, 0.3) is 0 Å². The molecule has 0 saturated heterocycles. The van der Waals surface area contributed by atoms with Gasteiger partial charge in [-0.3, -0.25) is 0 Å². The van der Waals surface area contributed by atoms with Crippen LogP contribution in [0.4, 0.5) is 0 Å². The van der Waals surface area contributed by atoms with Gasteiger partial charge in [0.05, 0.1) is 0 Å². The zero-order valence-corrected chi connectivity index (χ0v) is 8.48. The first-order valence-corrected chi connectivity index (χ1v) is 7.56. The number of hydrogen-bond acceptors (Lipinski definition) is 1. The lowest BCUT2D eigenvalue weighted by molar-refractivity contribution is 0.0674. The van der Waals surface area contributed by atoms with Gasteiger partial charge < -0.3 is 4.43 Å². The molecule has 0 aromatic carbocycles. The Morgan fingerprint density at radius 1 is 1.20 bits per heavy atom. The van der Waals surface area contributed by atoms with Crippen molar-refractivity contribution in [3.8, 4) is 0 Å². The van der Waals surface area contributed by atoms with Gasteiger partial charge in [-0.05, 0) is 38.4 Å². The zero-order chi connectivity index (χ0) is 7.78. The molecule has 0 unspecified atom stereocenters. The Bertz CT molecular complexity index is 111. The molecule has 0 atom stereocenters. The highest BCUT2D eigenvalue weighted by Gasteiger charge is 2.30. The van der Waals surface area contributed by atoms with Crippen molar-refractivity contribution in [1.29, 1.82) is 0 Å². The zero-order valence-electron chi connectivity index (χ0n) is 7.48. The van der Waals surface area contributed by atoms with Crippen LogP contribution in [0.5, 0.6) is 0 Å². The van der Waals surface area contributed by atoms with E-state index in [0.29, 0.717) is 6.10 Å². The number of rotatable bonds is 2. The first kappa shape index (κ1) is 8.28. The highest BCUT2D eigenvalue weighted by Crippen LogP contribution is 2.31. The largest absolute Gasteiger partial charge is 0.415 e. The van der Waals surface area contributed by atoms with Crippen LogP contribution in [-0.2, 0) is 4.43 Å². The van der Waals surface area contributed by atoms with Crippen LogP contribution >= 0.6 is 0 Å². The van der Waals surface area contributed by atoms with Crippen molar-refractivity contribution in [2.75, 3.05) is 0 Å². The summed E-state index contributed by atoms with van der Waals surface area (Å²) in [5.74, 6) is 0.918. The topological polar surface area (TPSA) is 9.23 Å². The van der Waals surface area contributed by atoms with E-state index in [1.807, 2.05) is 0 Å². The highest BCUT2D eigenvalue weighted by molar-refractivity contribution is 6.69. The van der Waals surface area contributed by atoms with E-state index in [9.17, 15) is 0 Å². The molecule has 0 N–H and O–H groups in total. The minimum Gasteiger partial charge on any atom is -0.415 e. The third-order valence-corrected chi connectivity index (χ3v) is 2.89. The predicted molar refractivity (Wildman–Crippen MR) is 46.6 cm³/mol. The first-order chi connectivity index (χ1) is 4.47. The summed E-state index contributed by atoms with van der Waals surface area (Å²) in [7, 11) is -1.22. The average molecular weight is 158 g/mol. The smallest absolute Gasteiger partial charge is 0.184 e. The molecule has 1 fully saturated rings. The fourth-order valence-electron chi connectivity index (χ4n) is 1.42. The molecule has 0 radical (unpaired) electrons. The Morgan fingerprint density at radius 2 is 1.70 bits per heavy atom. The summed E-state index contributed by atoms with van der Waals surface area (Å²) < 4.78 is 5.88. The van der Waals surface area contributed by atoms with E-state index in [0.717, 1.165) is 5.92 Å². The molecular formula is C8H18OSi. The highest BCUT2D eigenvalue weighted by atomic mass is 28.4. The van der Waals surface area contributed by atoms with Crippen LogP contribution in [0.2, 0.25) is 19.6 Å². The van der Waals surface area contributed by atoms with Crippen LogP contribution in [0.3, 0.4) is 0 Å². The maximum absolute atomic E-state index is 5.88. The Hall–Kier alpha value is 0.177. The maximum atomic E-state index is 5.88. The maximum Gasteiger partial charge on any atom is 0.184 e. The van der Waals surface area contributed by atoms with E-state index < -0.39 is 8.32 Å². The molecule has 0 spiro atoms. The van der Waals surface area contributed by atoms with Crippen LogP contribution in [0.15, 0.2) is 0 Å². The van der Waals surface area contributed by atoms with E-state index in [4.69, 9.17) is 4.43 Å². The second-order valence-electron chi connectivity index (χ2n) is 4.43. The van der Waals surface area contributed by atoms with Gasteiger partial charge in [-0.15, -0.1) is 0 Å². The van der Waals surface area contributed by atoms with Gasteiger partial charge in [-0.25, -0.2) is 0 Å². The summed E-state index contributed by atoms with van der Waals surface area (Å²) in [4.78, 5) is 0. The van der Waals surface area contributed by atoms with Gasteiger partial charge in [-0.2, -0.15) is 0 Å². The molecule has 0 heterocycles. The standard InChI is InChI=1S/C8H18OSi/c1-7-5-8(6-7)9-10(2,3)4/h7-8H,5-6H2,1-4H3. The molecule has 0 amide bonds. The molecule has 0 aliphatic heterocycles. The summed E-state index contributed by atoms with van der Waals surface area (Å²) >= 11 is 0. The Balaban J connectivity index is 2.16. The number of hydrogen-bond donors (Lipinski definition) is 0. The molecule has 1 rings (SSSR count). The van der Waals surface area contributed by atoms with Gasteiger partial charge in [0.2, 0.25) is 0 Å². The van der Waals surface area contributed by atoms with Crippen molar-refractivity contribution in [1.82, 2.24) is 0 Å². The van der Waals surface area contributed by atoms with Crippen molar-refractivity contribution in [2.45, 2.75) is 45.5 Å². The monoisotopic (exact) mass is 158 g/mol. The van der Waals surface area contributed by atoms with Gasteiger partial charge in [0, 0.05) is 6.10 Å². The summed E-state index contributed by atoms with van der Waals surface area (Å²) in [6, 6.07) is 0. The lowest BCUT2D eigenvalue weighted by Crippen LogP contribution is -2.39. The minimum atomic E-state index is -1.22. The molecule has 10 heavy (non-hydrogen) atoms. The fourth-order valence-corrected chi connectivity index (χ4v) is 2.62. The van der Waals surface area contributed by atoms with E-state index in [1.54, 1.807) is 0 Å². The van der Waals surface area contributed by atoms with Gasteiger partial charge >= 0.3 is 0 Å². The Morgan fingerprint density at radius 3 is 2.00 bits per heavy atom. The van der Waals surface area contributed by atoms with Crippen LogP contribution in [0.1, 0.15) is 19.8 Å². The van der Waals surface area contributed by atoms with Crippen molar-refractivity contribution >= 4 is 8.32 Å². The summed E-state index contributed by atoms with van der Waals surface area (Å²) in [5.41, 5.74) is 0. The van der Waals surface area contributed by atoms with Gasteiger partial charge in [0.1, 0.15) is 0 Å². The van der Waals surface area contributed by atoms with E-state index in [1.165, 1.54) is 12.8 Å².